The molecule has 0 amide bonds. The fraction of sp³-hybridized carbons (Fsp3) is 0.300. The van der Waals surface area contributed by atoms with Crippen LogP contribution in [0.3, 0.4) is 0 Å². The number of nitrogens with zero attached hydrogens (tertiary/aromatic N) is 3. The van der Waals surface area contributed by atoms with E-state index < -0.39 is 0 Å². The van der Waals surface area contributed by atoms with Gasteiger partial charge in [-0.25, -0.2) is 4.98 Å². The van der Waals surface area contributed by atoms with Gasteiger partial charge in [0.05, 0.1) is 16.2 Å². The van der Waals surface area contributed by atoms with Crippen molar-refractivity contribution < 1.29 is 0 Å². The summed E-state index contributed by atoms with van der Waals surface area (Å²) in [6, 6.07) is 15.5. The second-order valence-electron chi connectivity index (χ2n) is 8.66. The fourth-order valence-electron chi connectivity index (χ4n) is 3.91. The van der Waals surface area contributed by atoms with Crippen molar-refractivity contribution in [3.63, 3.8) is 0 Å². The Hall–Kier alpha value is -3.06. The minimum Gasteiger partial charge on any atom is -0.373 e. The first-order valence-electron chi connectivity index (χ1n) is 11.9. The topological polar surface area (TPSA) is 19.4 Å². The SMILES string of the molecule is C#Cc1cccc(-c2cc(Cl)c3ccc(C=C)cc3n2)c1.C=C(CCCC)N1CCN(C)CC1. The number of hydrogen-bond acceptors (Lipinski definition) is 3. The molecular formula is C30H34ClN3. The average Bonchev–Trinajstić information content (AvgIpc) is 2.87. The molecule has 3 nitrogen and oxygen atoms in total. The van der Waals surface area contributed by atoms with E-state index in [1.165, 1.54) is 51.1 Å². The second kappa shape index (κ2) is 12.4. The van der Waals surface area contributed by atoms with Gasteiger partial charge in [0.2, 0.25) is 0 Å². The number of pyridine rings is 1. The first-order valence-corrected chi connectivity index (χ1v) is 12.2. The molecule has 2 aromatic carbocycles. The van der Waals surface area contributed by atoms with E-state index in [0.29, 0.717) is 5.02 Å². The number of hydrogen-bond donors (Lipinski definition) is 0. The van der Waals surface area contributed by atoms with Crippen molar-refractivity contribution in [3.05, 3.63) is 83.5 Å². The van der Waals surface area contributed by atoms with Crippen LogP contribution >= 0.6 is 11.6 Å². The summed E-state index contributed by atoms with van der Waals surface area (Å²) in [7, 11) is 2.19. The van der Waals surface area contributed by atoms with E-state index in [-0.39, 0.29) is 0 Å². The number of benzene rings is 2. The Bertz CT molecular complexity index is 1180. The lowest BCUT2D eigenvalue weighted by Crippen LogP contribution is -2.43. The summed E-state index contributed by atoms with van der Waals surface area (Å²) in [5, 5.41) is 1.61. The summed E-state index contributed by atoms with van der Waals surface area (Å²) in [4.78, 5) is 9.51. The van der Waals surface area contributed by atoms with E-state index in [2.05, 4.69) is 47.8 Å². The molecule has 0 saturated carbocycles. The predicted molar refractivity (Wildman–Crippen MR) is 148 cm³/mol. The molecule has 0 atom stereocenters. The van der Waals surface area contributed by atoms with Crippen molar-refractivity contribution in [2.45, 2.75) is 26.2 Å². The highest BCUT2D eigenvalue weighted by molar-refractivity contribution is 6.35. The van der Waals surface area contributed by atoms with E-state index >= 15 is 0 Å². The molecule has 1 saturated heterocycles. The zero-order valence-electron chi connectivity index (χ0n) is 20.4. The van der Waals surface area contributed by atoms with Crippen LogP contribution in [-0.2, 0) is 0 Å². The molecule has 0 aliphatic carbocycles. The number of piperazine rings is 1. The van der Waals surface area contributed by atoms with Crippen molar-refractivity contribution in [1.82, 2.24) is 14.8 Å². The first-order chi connectivity index (χ1) is 16.4. The van der Waals surface area contributed by atoms with E-state index in [1.807, 2.05) is 48.5 Å². The Kier molecular flexibility index (Phi) is 9.33. The van der Waals surface area contributed by atoms with Gasteiger partial charge in [-0.3, -0.25) is 0 Å². The van der Waals surface area contributed by atoms with Gasteiger partial charge in [-0.1, -0.05) is 74.4 Å². The molecule has 0 spiro atoms. The van der Waals surface area contributed by atoms with E-state index in [0.717, 1.165) is 33.3 Å². The maximum absolute atomic E-state index is 6.38. The largest absolute Gasteiger partial charge is 0.373 e. The minimum atomic E-state index is 0.678. The normalized spacial score (nSPS) is 13.6. The molecule has 4 rings (SSSR count). The Morgan fingerprint density at radius 2 is 1.91 bits per heavy atom. The summed E-state index contributed by atoms with van der Waals surface area (Å²) in [6.45, 7) is 14.9. The summed E-state index contributed by atoms with van der Waals surface area (Å²) in [5.74, 6) is 2.63. The van der Waals surface area contributed by atoms with Gasteiger partial charge in [-0.15, -0.1) is 6.42 Å². The monoisotopic (exact) mass is 471 g/mol. The summed E-state index contributed by atoms with van der Waals surface area (Å²) < 4.78 is 0. The molecule has 176 valence electrons. The molecular weight excluding hydrogens is 438 g/mol. The van der Waals surface area contributed by atoms with Gasteiger partial charge in [0.25, 0.3) is 0 Å². The van der Waals surface area contributed by atoms with Crippen LogP contribution in [0.5, 0.6) is 0 Å². The average molecular weight is 472 g/mol. The number of likely N-dealkylation sites (N-methyl/N-ethyl adjacent to an activating group) is 1. The number of halogens is 1. The van der Waals surface area contributed by atoms with Gasteiger partial charge in [-0.2, -0.15) is 0 Å². The summed E-state index contributed by atoms with van der Waals surface area (Å²) in [6.07, 6.45) is 11.0. The highest BCUT2D eigenvalue weighted by Crippen LogP contribution is 2.29. The molecule has 1 aliphatic heterocycles. The summed E-state index contributed by atoms with van der Waals surface area (Å²) >= 11 is 6.38. The van der Waals surface area contributed by atoms with Gasteiger partial charge in [-0.05, 0) is 49.7 Å². The fourth-order valence-corrected chi connectivity index (χ4v) is 4.17. The Balaban J connectivity index is 0.000000215. The van der Waals surface area contributed by atoms with Crippen molar-refractivity contribution in [2.75, 3.05) is 33.2 Å². The third-order valence-corrected chi connectivity index (χ3v) is 6.43. The molecule has 4 heteroatoms. The molecule has 1 aliphatic rings. The van der Waals surface area contributed by atoms with Crippen LogP contribution in [0.2, 0.25) is 5.02 Å². The highest BCUT2D eigenvalue weighted by Gasteiger charge is 2.14. The van der Waals surface area contributed by atoms with Crippen molar-refractivity contribution in [1.29, 1.82) is 0 Å². The zero-order valence-corrected chi connectivity index (χ0v) is 21.1. The Labute approximate surface area is 209 Å². The van der Waals surface area contributed by atoms with E-state index in [1.54, 1.807) is 6.08 Å². The maximum Gasteiger partial charge on any atom is 0.0730 e. The molecule has 2 heterocycles. The van der Waals surface area contributed by atoms with Gasteiger partial charge >= 0.3 is 0 Å². The molecule has 0 unspecified atom stereocenters. The van der Waals surface area contributed by atoms with Crippen molar-refractivity contribution in [2.24, 2.45) is 0 Å². The van der Waals surface area contributed by atoms with E-state index in [9.17, 15) is 0 Å². The number of aromatic nitrogens is 1. The summed E-state index contributed by atoms with van der Waals surface area (Å²) in [5.41, 5.74) is 5.80. The third-order valence-electron chi connectivity index (χ3n) is 6.11. The quantitative estimate of drug-likeness (QED) is 0.357. The lowest BCUT2D eigenvalue weighted by atomic mass is 10.1. The molecule has 0 bridgehead atoms. The molecule has 1 aromatic heterocycles. The first kappa shape index (κ1) is 25.6. The van der Waals surface area contributed by atoms with E-state index in [4.69, 9.17) is 18.0 Å². The number of terminal acetylenes is 1. The maximum atomic E-state index is 6.38. The van der Waals surface area contributed by atoms with Crippen molar-refractivity contribution >= 4 is 28.6 Å². The third kappa shape index (κ3) is 6.73. The van der Waals surface area contributed by atoms with Gasteiger partial charge in [0.1, 0.15) is 0 Å². The molecule has 3 aromatic rings. The van der Waals surface area contributed by atoms with Gasteiger partial charge in [0, 0.05) is 48.4 Å². The lowest BCUT2D eigenvalue weighted by molar-refractivity contribution is 0.182. The molecule has 34 heavy (non-hydrogen) atoms. The van der Waals surface area contributed by atoms with Gasteiger partial charge < -0.3 is 9.80 Å². The lowest BCUT2D eigenvalue weighted by Gasteiger charge is -2.35. The minimum absolute atomic E-state index is 0.678. The second-order valence-corrected chi connectivity index (χ2v) is 9.06. The molecule has 1 fully saturated rings. The standard InChI is InChI=1S/C19H12ClN.C11H22N2/c1-3-13-6-5-7-15(10-13)18-12-17(20)16-9-8-14(4-2)11-19(16)21-18;1-4-5-6-11(2)13-9-7-12(3)8-10-13/h1,4-12H,2H2;2,4-10H2,1,3H3. The predicted octanol–water partition coefficient (Wildman–Crippen LogP) is 7.12. The van der Waals surface area contributed by atoms with Gasteiger partial charge in [0.15, 0.2) is 0 Å². The van der Waals surface area contributed by atoms with Crippen LogP contribution in [0.1, 0.15) is 37.3 Å². The number of rotatable bonds is 6. The molecule has 0 N–H and O–H groups in total. The number of fused-ring (bicyclic) bond motifs is 1. The van der Waals surface area contributed by atoms with Crippen LogP contribution in [-0.4, -0.2) is 48.0 Å². The smallest absolute Gasteiger partial charge is 0.0730 e. The van der Waals surface area contributed by atoms with Crippen LogP contribution in [0.25, 0.3) is 28.2 Å². The Morgan fingerprint density at radius 1 is 1.15 bits per heavy atom. The van der Waals surface area contributed by atoms with Crippen LogP contribution < -0.4 is 0 Å². The highest BCUT2D eigenvalue weighted by atomic mass is 35.5. The number of unbranched alkanes of at least 4 members (excludes halogenated alkanes) is 1. The zero-order chi connectivity index (χ0) is 24.5. The number of allylic oxidation sites excluding steroid dienone is 1. The van der Waals surface area contributed by atoms with Crippen LogP contribution in [0.4, 0.5) is 0 Å². The van der Waals surface area contributed by atoms with Crippen molar-refractivity contribution in [3.8, 4) is 23.6 Å². The van der Waals surface area contributed by atoms with Crippen LogP contribution in [0.15, 0.2) is 67.4 Å². The molecule has 0 radical (unpaired) electrons. The Morgan fingerprint density at radius 3 is 2.59 bits per heavy atom. The van der Waals surface area contributed by atoms with Crippen LogP contribution in [0, 0.1) is 12.3 Å².